The van der Waals surface area contributed by atoms with E-state index < -0.39 is 10.0 Å². The van der Waals surface area contributed by atoms with E-state index in [4.69, 9.17) is 9.47 Å². The van der Waals surface area contributed by atoms with Crippen LogP contribution in [-0.2, 0) is 25.9 Å². The first-order valence-corrected chi connectivity index (χ1v) is 8.42. The molecule has 1 saturated heterocycles. The Morgan fingerprint density at radius 1 is 1.20 bits per heavy atom. The van der Waals surface area contributed by atoms with Crippen LogP contribution in [0.25, 0.3) is 0 Å². The van der Waals surface area contributed by atoms with Crippen LogP contribution in [0.4, 0.5) is 0 Å². The van der Waals surface area contributed by atoms with E-state index in [1.807, 2.05) is 19.1 Å². The van der Waals surface area contributed by atoms with E-state index in [2.05, 4.69) is 4.72 Å². The van der Waals surface area contributed by atoms with Crippen molar-refractivity contribution in [3.05, 3.63) is 29.8 Å². The van der Waals surface area contributed by atoms with Gasteiger partial charge in [0.1, 0.15) is 0 Å². The summed E-state index contributed by atoms with van der Waals surface area (Å²) in [4.78, 5) is 0.292. The van der Waals surface area contributed by atoms with Gasteiger partial charge in [-0.05, 0) is 30.5 Å². The van der Waals surface area contributed by atoms with Crippen molar-refractivity contribution in [3.63, 3.8) is 0 Å². The molecule has 5 nitrogen and oxygen atoms in total. The molecule has 112 valence electrons. The van der Waals surface area contributed by atoms with Crippen LogP contribution in [-0.4, -0.2) is 34.5 Å². The fourth-order valence-corrected chi connectivity index (χ4v) is 3.05. The van der Waals surface area contributed by atoms with Crippen LogP contribution in [0.15, 0.2) is 29.2 Å². The zero-order chi connectivity index (χ0) is 14.4. The maximum absolute atomic E-state index is 12.1. The van der Waals surface area contributed by atoms with Crippen molar-refractivity contribution in [2.45, 2.75) is 37.4 Å². The van der Waals surface area contributed by atoms with E-state index in [1.165, 1.54) is 0 Å². The van der Waals surface area contributed by atoms with Crippen molar-refractivity contribution in [2.24, 2.45) is 0 Å². The molecule has 0 saturated carbocycles. The Morgan fingerprint density at radius 2 is 1.85 bits per heavy atom. The molecule has 20 heavy (non-hydrogen) atoms. The molecule has 0 unspecified atom stereocenters. The number of sulfonamides is 1. The lowest BCUT2D eigenvalue weighted by Gasteiger charge is -2.23. The van der Waals surface area contributed by atoms with Gasteiger partial charge in [-0.2, -0.15) is 0 Å². The minimum atomic E-state index is -3.45. The van der Waals surface area contributed by atoms with Crippen molar-refractivity contribution in [1.29, 1.82) is 0 Å². The van der Waals surface area contributed by atoms with Gasteiger partial charge in [0.25, 0.3) is 0 Å². The third-order valence-corrected chi connectivity index (χ3v) is 4.69. The normalized spacial score (nSPS) is 17.2. The summed E-state index contributed by atoms with van der Waals surface area (Å²) < 4.78 is 37.5. The summed E-state index contributed by atoms with van der Waals surface area (Å²) in [7, 11) is -3.45. The van der Waals surface area contributed by atoms with Crippen LogP contribution in [0.2, 0.25) is 0 Å². The molecule has 1 aromatic rings. The van der Waals surface area contributed by atoms with Crippen LogP contribution in [0.3, 0.4) is 0 Å². The summed E-state index contributed by atoms with van der Waals surface area (Å²) in [5.74, 6) is 0. The fraction of sp³-hybridized carbons (Fsp3) is 0.571. The predicted molar refractivity (Wildman–Crippen MR) is 75.9 cm³/mol. The molecular formula is C14H21NO4S. The zero-order valence-electron chi connectivity index (χ0n) is 11.7. The molecule has 2 rings (SSSR count). The minimum absolute atomic E-state index is 0.292. The van der Waals surface area contributed by atoms with E-state index >= 15 is 0 Å². The van der Waals surface area contributed by atoms with Gasteiger partial charge in [0.05, 0.1) is 18.1 Å². The third kappa shape index (κ3) is 4.28. The second kappa shape index (κ2) is 7.17. The standard InChI is InChI=1S/C14H21NO4S/c1-2-12-4-6-13(7-5-12)20(16,17)15-9-8-14-18-10-3-11-19-14/h4-7,14-15H,2-3,8-11H2,1H3. The molecule has 0 radical (unpaired) electrons. The Bertz CT molecular complexity index is 506. The van der Waals surface area contributed by atoms with Gasteiger partial charge in [-0.15, -0.1) is 0 Å². The van der Waals surface area contributed by atoms with Crippen molar-refractivity contribution in [1.82, 2.24) is 4.72 Å². The number of hydrogen-bond donors (Lipinski definition) is 1. The highest BCUT2D eigenvalue weighted by Crippen LogP contribution is 2.12. The lowest BCUT2D eigenvalue weighted by molar-refractivity contribution is -0.180. The zero-order valence-corrected chi connectivity index (χ0v) is 12.5. The Labute approximate surface area is 120 Å². The highest BCUT2D eigenvalue weighted by atomic mass is 32.2. The maximum Gasteiger partial charge on any atom is 0.240 e. The van der Waals surface area contributed by atoms with Crippen LogP contribution in [0.1, 0.15) is 25.3 Å². The molecule has 0 amide bonds. The minimum Gasteiger partial charge on any atom is -0.353 e. The predicted octanol–water partition coefficient (Wildman–Crippen LogP) is 1.68. The van der Waals surface area contributed by atoms with Crippen LogP contribution >= 0.6 is 0 Å². The Balaban J connectivity index is 1.86. The molecule has 1 aliphatic rings. The van der Waals surface area contributed by atoms with E-state index in [1.54, 1.807) is 12.1 Å². The first-order valence-electron chi connectivity index (χ1n) is 6.93. The summed E-state index contributed by atoms with van der Waals surface area (Å²) in [6.07, 6.45) is 2.01. The molecule has 0 atom stereocenters. The molecule has 0 aromatic heterocycles. The SMILES string of the molecule is CCc1ccc(S(=O)(=O)NCCC2OCCCO2)cc1. The summed E-state index contributed by atoms with van der Waals surface area (Å²) in [6, 6.07) is 6.94. The van der Waals surface area contributed by atoms with Crippen molar-refractivity contribution < 1.29 is 17.9 Å². The lowest BCUT2D eigenvalue weighted by atomic mass is 10.2. The first-order chi connectivity index (χ1) is 9.62. The average Bonchev–Trinajstić information content (AvgIpc) is 2.48. The highest BCUT2D eigenvalue weighted by Gasteiger charge is 2.17. The van der Waals surface area contributed by atoms with Gasteiger partial charge in [0.15, 0.2) is 6.29 Å². The largest absolute Gasteiger partial charge is 0.353 e. The summed E-state index contributed by atoms with van der Waals surface area (Å²) in [5, 5.41) is 0. The molecule has 1 aliphatic heterocycles. The summed E-state index contributed by atoms with van der Waals surface area (Å²) in [6.45, 7) is 3.69. The van der Waals surface area contributed by atoms with Gasteiger partial charge >= 0.3 is 0 Å². The van der Waals surface area contributed by atoms with E-state index in [9.17, 15) is 8.42 Å². The average molecular weight is 299 g/mol. The van der Waals surface area contributed by atoms with Gasteiger partial charge in [-0.25, -0.2) is 13.1 Å². The van der Waals surface area contributed by atoms with Gasteiger partial charge in [0.2, 0.25) is 10.0 Å². The number of ether oxygens (including phenoxy) is 2. The maximum atomic E-state index is 12.1. The van der Waals surface area contributed by atoms with Crippen molar-refractivity contribution in [2.75, 3.05) is 19.8 Å². The molecule has 6 heteroatoms. The summed E-state index contributed by atoms with van der Waals surface area (Å²) >= 11 is 0. The second-order valence-corrected chi connectivity index (χ2v) is 6.48. The fourth-order valence-electron chi connectivity index (χ4n) is 2.00. The molecule has 0 spiro atoms. The van der Waals surface area contributed by atoms with Gasteiger partial charge in [-0.1, -0.05) is 19.1 Å². The molecule has 0 bridgehead atoms. The molecule has 0 aliphatic carbocycles. The number of hydrogen-bond acceptors (Lipinski definition) is 4. The number of aryl methyl sites for hydroxylation is 1. The molecule has 1 N–H and O–H groups in total. The van der Waals surface area contributed by atoms with Crippen molar-refractivity contribution in [3.8, 4) is 0 Å². The smallest absolute Gasteiger partial charge is 0.240 e. The van der Waals surface area contributed by atoms with E-state index in [-0.39, 0.29) is 6.29 Å². The van der Waals surface area contributed by atoms with Crippen LogP contribution < -0.4 is 4.72 Å². The second-order valence-electron chi connectivity index (χ2n) is 4.71. The summed E-state index contributed by atoms with van der Waals surface area (Å²) in [5.41, 5.74) is 1.12. The molecule has 1 fully saturated rings. The Morgan fingerprint density at radius 3 is 2.45 bits per heavy atom. The van der Waals surface area contributed by atoms with Crippen molar-refractivity contribution >= 4 is 10.0 Å². The van der Waals surface area contributed by atoms with Gasteiger partial charge in [-0.3, -0.25) is 0 Å². The van der Waals surface area contributed by atoms with Gasteiger partial charge < -0.3 is 9.47 Å². The first kappa shape index (κ1) is 15.4. The Kier molecular flexibility index (Phi) is 5.54. The number of benzene rings is 1. The monoisotopic (exact) mass is 299 g/mol. The Hall–Kier alpha value is -0.950. The van der Waals surface area contributed by atoms with E-state index in [0.717, 1.165) is 18.4 Å². The third-order valence-electron chi connectivity index (χ3n) is 3.21. The topological polar surface area (TPSA) is 64.6 Å². The van der Waals surface area contributed by atoms with Gasteiger partial charge in [0, 0.05) is 13.0 Å². The molecule has 1 heterocycles. The van der Waals surface area contributed by atoms with Crippen LogP contribution in [0.5, 0.6) is 0 Å². The highest BCUT2D eigenvalue weighted by molar-refractivity contribution is 7.89. The number of nitrogens with one attached hydrogen (secondary N) is 1. The quantitative estimate of drug-likeness (QED) is 0.868. The molecule has 1 aromatic carbocycles. The lowest BCUT2D eigenvalue weighted by Crippen LogP contribution is -2.31. The molecular weight excluding hydrogens is 278 g/mol. The number of rotatable bonds is 6. The van der Waals surface area contributed by atoms with Crippen LogP contribution in [0, 0.1) is 0 Å². The van der Waals surface area contributed by atoms with E-state index in [0.29, 0.717) is 31.1 Å².